The van der Waals surface area contributed by atoms with Gasteiger partial charge in [-0.25, -0.2) is 0 Å². The Hall–Kier alpha value is -2.31. The van der Waals surface area contributed by atoms with Crippen LogP contribution >= 0.6 is 28.1 Å². The Morgan fingerprint density at radius 3 is 2.42 bits per heavy atom. The van der Waals surface area contributed by atoms with Gasteiger partial charge in [0, 0.05) is 16.7 Å². The second kappa shape index (κ2) is 8.87. The van der Waals surface area contributed by atoms with E-state index in [2.05, 4.69) is 26.1 Å². The van der Waals surface area contributed by atoms with E-state index in [-0.39, 0.29) is 0 Å². The first-order valence-corrected chi connectivity index (χ1v) is 9.31. The second-order valence-electron chi connectivity index (χ2n) is 5.72. The fraction of sp³-hybridized carbons (Fsp3) is 0.150. The van der Waals surface area contributed by atoms with Gasteiger partial charge in [-0.2, -0.15) is 0 Å². The molecule has 6 heteroatoms. The van der Waals surface area contributed by atoms with Crippen molar-refractivity contribution >= 4 is 38.9 Å². The minimum atomic E-state index is 0.585. The highest BCUT2D eigenvalue weighted by molar-refractivity contribution is 9.10. The molecule has 0 radical (unpaired) electrons. The topological polar surface area (TPSA) is 37.6 Å². The highest BCUT2D eigenvalue weighted by atomic mass is 79.9. The number of halogens is 1. The molecule has 0 saturated heterocycles. The number of rotatable bonds is 6. The van der Waals surface area contributed by atoms with Crippen molar-refractivity contribution < 1.29 is 9.15 Å². The van der Waals surface area contributed by atoms with Crippen molar-refractivity contribution in [3.8, 4) is 5.75 Å². The number of benzene rings is 2. The van der Waals surface area contributed by atoms with Crippen LogP contribution in [0.3, 0.4) is 0 Å². The van der Waals surface area contributed by atoms with Crippen LogP contribution in [0.4, 0.5) is 5.69 Å². The van der Waals surface area contributed by atoms with E-state index in [4.69, 9.17) is 21.4 Å². The highest BCUT2D eigenvalue weighted by Crippen LogP contribution is 2.18. The van der Waals surface area contributed by atoms with E-state index in [1.54, 1.807) is 13.4 Å². The van der Waals surface area contributed by atoms with Gasteiger partial charge in [0.1, 0.15) is 11.5 Å². The first kappa shape index (κ1) is 18.5. The molecule has 4 nitrogen and oxygen atoms in total. The SMILES string of the molecule is COc1ccc(CN(Cc2ccco2)C(=S)Nc2ccc(Br)cc2)cc1. The Kier molecular flexibility index (Phi) is 6.30. The van der Waals surface area contributed by atoms with Gasteiger partial charge in [0.2, 0.25) is 0 Å². The van der Waals surface area contributed by atoms with Crippen molar-refractivity contribution in [3.05, 3.63) is 82.7 Å². The Morgan fingerprint density at radius 2 is 1.81 bits per heavy atom. The molecule has 3 rings (SSSR count). The smallest absolute Gasteiger partial charge is 0.174 e. The average molecular weight is 431 g/mol. The molecule has 3 aromatic rings. The fourth-order valence-electron chi connectivity index (χ4n) is 2.48. The van der Waals surface area contributed by atoms with Crippen LogP contribution in [0.1, 0.15) is 11.3 Å². The van der Waals surface area contributed by atoms with Crippen LogP contribution in [-0.4, -0.2) is 17.1 Å². The zero-order valence-corrected chi connectivity index (χ0v) is 16.7. The molecule has 0 aliphatic rings. The maximum atomic E-state index is 5.65. The summed E-state index contributed by atoms with van der Waals surface area (Å²) >= 11 is 9.09. The van der Waals surface area contributed by atoms with Crippen LogP contribution in [-0.2, 0) is 13.1 Å². The van der Waals surface area contributed by atoms with Crippen molar-refractivity contribution in [2.45, 2.75) is 13.1 Å². The summed E-state index contributed by atoms with van der Waals surface area (Å²) < 4.78 is 11.8. The summed E-state index contributed by atoms with van der Waals surface area (Å²) in [5.41, 5.74) is 2.08. The summed E-state index contributed by atoms with van der Waals surface area (Å²) in [5, 5.41) is 3.93. The third-order valence-electron chi connectivity index (χ3n) is 3.84. The normalized spacial score (nSPS) is 10.4. The zero-order valence-electron chi connectivity index (χ0n) is 14.3. The molecule has 1 N–H and O–H groups in total. The van der Waals surface area contributed by atoms with Gasteiger partial charge in [0.15, 0.2) is 5.11 Å². The minimum Gasteiger partial charge on any atom is -0.497 e. The molecule has 1 aromatic heterocycles. The lowest BCUT2D eigenvalue weighted by Crippen LogP contribution is -2.33. The van der Waals surface area contributed by atoms with Crippen molar-refractivity contribution in [1.29, 1.82) is 0 Å². The predicted octanol–water partition coefficient (Wildman–Crippen LogP) is 5.45. The number of hydrogen-bond donors (Lipinski definition) is 1. The highest BCUT2D eigenvalue weighted by Gasteiger charge is 2.13. The molecule has 0 spiro atoms. The third kappa shape index (κ3) is 5.09. The number of hydrogen-bond acceptors (Lipinski definition) is 3. The Labute approximate surface area is 166 Å². The van der Waals surface area contributed by atoms with Gasteiger partial charge in [-0.1, -0.05) is 28.1 Å². The summed E-state index contributed by atoms with van der Waals surface area (Å²) in [4.78, 5) is 2.07. The van der Waals surface area contributed by atoms with Gasteiger partial charge < -0.3 is 19.4 Å². The van der Waals surface area contributed by atoms with E-state index >= 15 is 0 Å². The maximum Gasteiger partial charge on any atom is 0.174 e. The summed E-state index contributed by atoms with van der Waals surface area (Å²) in [5.74, 6) is 1.69. The molecular weight excluding hydrogens is 412 g/mol. The Bertz CT molecular complexity index is 833. The van der Waals surface area contributed by atoms with Gasteiger partial charge >= 0.3 is 0 Å². The number of ether oxygens (including phenoxy) is 1. The second-order valence-corrected chi connectivity index (χ2v) is 7.02. The van der Waals surface area contributed by atoms with Crippen LogP contribution in [0.15, 0.2) is 75.8 Å². The monoisotopic (exact) mass is 430 g/mol. The number of nitrogens with one attached hydrogen (secondary N) is 1. The summed E-state index contributed by atoms with van der Waals surface area (Å²) in [7, 11) is 1.66. The predicted molar refractivity (Wildman–Crippen MR) is 111 cm³/mol. The number of methoxy groups -OCH3 is 1. The molecule has 0 amide bonds. The Balaban J connectivity index is 1.74. The van der Waals surface area contributed by atoms with Crippen LogP contribution in [0.25, 0.3) is 0 Å². The van der Waals surface area contributed by atoms with E-state index in [1.807, 2.05) is 60.7 Å². The zero-order chi connectivity index (χ0) is 18.4. The van der Waals surface area contributed by atoms with Crippen molar-refractivity contribution in [1.82, 2.24) is 4.90 Å². The van der Waals surface area contributed by atoms with Crippen LogP contribution in [0.5, 0.6) is 5.75 Å². The quantitative estimate of drug-likeness (QED) is 0.526. The standard InChI is InChI=1S/C20H19BrN2O2S/c1-24-18-10-4-15(5-11-18)13-23(14-19-3-2-12-25-19)20(26)22-17-8-6-16(21)7-9-17/h2-12H,13-14H2,1H3,(H,22,26). The molecule has 0 saturated carbocycles. The molecule has 0 unspecified atom stereocenters. The third-order valence-corrected chi connectivity index (χ3v) is 4.73. The summed E-state index contributed by atoms with van der Waals surface area (Å²) in [6, 6.07) is 19.7. The van der Waals surface area contributed by atoms with Crippen molar-refractivity contribution in [3.63, 3.8) is 0 Å². The molecule has 2 aromatic carbocycles. The molecular formula is C20H19BrN2O2S. The Morgan fingerprint density at radius 1 is 1.08 bits per heavy atom. The molecule has 0 bridgehead atoms. The van der Waals surface area contributed by atoms with Crippen molar-refractivity contribution in [2.24, 2.45) is 0 Å². The van der Waals surface area contributed by atoms with Crippen LogP contribution in [0.2, 0.25) is 0 Å². The molecule has 0 atom stereocenters. The van der Waals surface area contributed by atoms with E-state index in [9.17, 15) is 0 Å². The van der Waals surface area contributed by atoms with Gasteiger partial charge in [-0.3, -0.25) is 0 Å². The molecule has 26 heavy (non-hydrogen) atoms. The molecule has 0 aliphatic heterocycles. The van der Waals surface area contributed by atoms with Gasteiger partial charge in [-0.05, 0) is 66.3 Å². The molecule has 0 aliphatic carbocycles. The van der Waals surface area contributed by atoms with Gasteiger partial charge in [0.05, 0.1) is 19.9 Å². The number of nitrogens with zero attached hydrogens (tertiary/aromatic N) is 1. The van der Waals surface area contributed by atoms with E-state index in [1.165, 1.54) is 0 Å². The molecule has 134 valence electrons. The lowest BCUT2D eigenvalue weighted by atomic mass is 10.2. The van der Waals surface area contributed by atoms with E-state index < -0.39 is 0 Å². The fourth-order valence-corrected chi connectivity index (χ4v) is 2.99. The summed E-state index contributed by atoms with van der Waals surface area (Å²) in [6.45, 7) is 1.24. The number of furan rings is 1. The largest absolute Gasteiger partial charge is 0.497 e. The lowest BCUT2D eigenvalue weighted by molar-refractivity contribution is 0.360. The molecule has 0 fully saturated rings. The van der Waals surface area contributed by atoms with Gasteiger partial charge in [0.25, 0.3) is 0 Å². The number of thiocarbonyl (C=S) groups is 1. The van der Waals surface area contributed by atoms with Crippen LogP contribution in [0, 0.1) is 0 Å². The number of anilines is 1. The average Bonchev–Trinajstić information content (AvgIpc) is 3.17. The van der Waals surface area contributed by atoms with E-state index in [0.29, 0.717) is 18.2 Å². The first-order chi connectivity index (χ1) is 12.6. The minimum absolute atomic E-state index is 0.585. The van der Waals surface area contributed by atoms with Gasteiger partial charge in [-0.15, -0.1) is 0 Å². The summed E-state index contributed by atoms with van der Waals surface area (Å²) in [6.07, 6.45) is 1.67. The lowest BCUT2D eigenvalue weighted by Gasteiger charge is -2.25. The van der Waals surface area contributed by atoms with E-state index in [0.717, 1.165) is 27.2 Å². The maximum absolute atomic E-state index is 5.65. The van der Waals surface area contributed by atoms with Crippen LogP contribution < -0.4 is 10.1 Å². The van der Waals surface area contributed by atoms with Crippen molar-refractivity contribution in [2.75, 3.05) is 12.4 Å². The molecule has 1 heterocycles. The first-order valence-electron chi connectivity index (χ1n) is 8.11.